The van der Waals surface area contributed by atoms with Crippen molar-refractivity contribution in [2.75, 3.05) is 26.2 Å². The summed E-state index contributed by atoms with van der Waals surface area (Å²) in [6.45, 7) is 16.5. The highest BCUT2D eigenvalue weighted by atomic mass is 32.1. The van der Waals surface area contributed by atoms with E-state index in [1.807, 2.05) is 13.8 Å². The van der Waals surface area contributed by atoms with Crippen molar-refractivity contribution in [3.63, 3.8) is 0 Å². The van der Waals surface area contributed by atoms with Gasteiger partial charge in [-0.15, -0.1) is 11.3 Å². The molecule has 7 heteroatoms. The molecule has 6 nitrogen and oxygen atoms in total. The molecule has 3 saturated heterocycles. The van der Waals surface area contributed by atoms with Crippen LogP contribution in [0, 0.1) is 25.7 Å². The second-order valence-corrected chi connectivity index (χ2v) is 15.5. The van der Waals surface area contributed by atoms with Crippen LogP contribution in [-0.4, -0.2) is 64.9 Å². The Morgan fingerprint density at radius 2 is 1.60 bits per heavy atom. The number of rotatable bonds is 9. The zero-order chi connectivity index (χ0) is 30.5. The van der Waals surface area contributed by atoms with Crippen molar-refractivity contribution in [3.05, 3.63) is 45.8 Å². The molecular weight excluding hydrogens is 552 g/mol. The highest BCUT2D eigenvalue weighted by Gasteiger charge is 2.47. The normalized spacial score (nSPS) is 21.4. The van der Waals surface area contributed by atoms with Gasteiger partial charge in [0.2, 0.25) is 11.8 Å². The average Bonchev–Trinajstić information content (AvgIpc) is 3.75. The number of benzene rings is 1. The molecule has 2 N–H and O–H groups in total. The number of aromatic nitrogens is 1. The van der Waals surface area contributed by atoms with Crippen molar-refractivity contribution >= 4 is 33.4 Å². The van der Waals surface area contributed by atoms with Gasteiger partial charge in [0.15, 0.2) is 0 Å². The van der Waals surface area contributed by atoms with Gasteiger partial charge in [-0.25, -0.2) is 0 Å². The molecule has 1 aromatic carbocycles. The van der Waals surface area contributed by atoms with Crippen LogP contribution < -0.4 is 5.32 Å². The lowest BCUT2D eigenvalue weighted by Crippen LogP contribution is -2.45. The fourth-order valence-corrected chi connectivity index (χ4v) is 8.95. The van der Waals surface area contributed by atoms with Crippen molar-refractivity contribution in [2.24, 2.45) is 11.8 Å². The molecule has 3 fully saturated rings. The number of amides is 2. The Morgan fingerprint density at radius 1 is 0.977 bits per heavy atom. The molecule has 0 atom stereocenters. The van der Waals surface area contributed by atoms with Gasteiger partial charge in [0.25, 0.3) is 0 Å². The van der Waals surface area contributed by atoms with Gasteiger partial charge in [-0.2, -0.15) is 0 Å². The second-order valence-electron chi connectivity index (χ2n) is 14.4. The Balaban J connectivity index is 1.22. The van der Waals surface area contributed by atoms with Gasteiger partial charge >= 0.3 is 0 Å². The summed E-state index contributed by atoms with van der Waals surface area (Å²) in [5.74, 6) is 1.07. The number of H-pyrrole nitrogens is 1. The summed E-state index contributed by atoms with van der Waals surface area (Å²) in [5.41, 5.74) is 5.88. The van der Waals surface area contributed by atoms with Crippen molar-refractivity contribution in [3.8, 4) is 11.3 Å². The minimum absolute atomic E-state index is 0.0429. The van der Waals surface area contributed by atoms with Crippen LogP contribution in [0.1, 0.15) is 87.8 Å². The molecule has 0 unspecified atom stereocenters. The van der Waals surface area contributed by atoms with Crippen LogP contribution in [0.5, 0.6) is 0 Å². The molecule has 232 valence electrons. The first kappa shape index (κ1) is 30.4. The maximum Gasteiger partial charge on any atom is 0.233 e. The Morgan fingerprint density at radius 3 is 2.21 bits per heavy atom. The van der Waals surface area contributed by atoms with Gasteiger partial charge in [0.05, 0.1) is 11.1 Å². The average molecular weight is 603 g/mol. The third kappa shape index (κ3) is 6.04. The third-order valence-electron chi connectivity index (χ3n) is 10.4. The number of likely N-dealkylation sites (tertiary alicyclic amines) is 1. The lowest BCUT2D eigenvalue weighted by molar-refractivity contribution is -0.137. The fraction of sp³-hybridized carbons (Fsp3) is 0.611. The standard InChI is InChI=1S/C36H50N4O2S/c1-22(2)33(41)37-21-25-11-14-39(15-12-25)16-13-29-30-20-31(36(5,6)35(42)40-27-7-8-28(40)10-9-27)43-34(30)38-32(29)26-18-23(3)17-24(4)19-26/h17-20,22,25,27-28,38H,7-16,21H2,1-6H3,(H,37,41). The Bertz CT molecular complexity index is 1450. The minimum Gasteiger partial charge on any atom is -0.356 e. The Hall–Kier alpha value is -2.64. The molecule has 2 aromatic heterocycles. The van der Waals surface area contributed by atoms with Gasteiger partial charge in [0, 0.05) is 41.4 Å². The first-order valence-corrected chi connectivity index (χ1v) is 17.4. The van der Waals surface area contributed by atoms with E-state index in [1.165, 1.54) is 68.7 Å². The van der Waals surface area contributed by atoms with E-state index < -0.39 is 5.41 Å². The molecule has 2 amide bonds. The molecule has 3 aromatic rings. The molecular formula is C36H50N4O2S. The van der Waals surface area contributed by atoms with Crippen LogP contribution in [0.2, 0.25) is 0 Å². The zero-order valence-corrected chi connectivity index (χ0v) is 27.8. The molecule has 0 saturated carbocycles. The van der Waals surface area contributed by atoms with Crippen LogP contribution in [0.25, 0.3) is 21.5 Å². The number of fused-ring (bicyclic) bond motifs is 3. The van der Waals surface area contributed by atoms with E-state index in [0.29, 0.717) is 23.9 Å². The number of nitrogens with one attached hydrogen (secondary N) is 2. The van der Waals surface area contributed by atoms with E-state index in [-0.39, 0.29) is 11.8 Å². The van der Waals surface area contributed by atoms with Gasteiger partial charge in [-0.3, -0.25) is 9.59 Å². The molecule has 43 heavy (non-hydrogen) atoms. The van der Waals surface area contributed by atoms with E-state index in [4.69, 9.17) is 0 Å². The molecule has 0 spiro atoms. The summed E-state index contributed by atoms with van der Waals surface area (Å²) in [7, 11) is 0. The molecule has 6 rings (SSSR count). The summed E-state index contributed by atoms with van der Waals surface area (Å²) in [6, 6.07) is 10.0. The van der Waals surface area contributed by atoms with Crippen LogP contribution in [-0.2, 0) is 21.4 Å². The fourth-order valence-electron chi connectivity index (χ4n) is 7.77. The predicted octanol–water partition coefficient (Wildman–Crippen LogP) is 6.97. The van der Waals surface area contributed by atoms with Gasteiger partial charge < -0.3 is 20.1 Å². The van der Waals surface area contributed by atoms with Crippen molar-refractivity contribution in [1.82, 2.24) is 20.1 Å². The van der Waals surface area contributed by atoms with Gasteiger partial charge in [0.1, 0.15) is 4.83 Å². The van der Waals surface area contributed by atoms with E-state index in [2.05, 4.69) is 72.1 Å². The molecule has 3 aliphatic rings. The largest absolute Gasteiger partial charge is 0.356 e. The molecule has 0 radical (unpaired) electrons. The summed E-state index contributed by atoms with van der Waals surface area (Å²) in [5, 5.41) is 4.42. The number of hydrogen-bond donors (Lipinski definition) is 2. The first-order valence-electron chi connectivity index (χ1n) is 16.6. The van der Waals surface area contributed by atoms with Crippen LogP contribution >= 0.6 is 11.3 Å². The van der Waals surface area contributed by atoms with Gasteiger partial charge in [-0.05, 0) is 121 Å². The van der Waals surface area contributed by atoms with Crippen LogP contribution in [0.15, 0.2) is 24.3 Å². The summed E-state index contributed by atoms with van der Waals surface area (Å²) >= 11 is 1.77. The second kappa shape index (κ2) is 12.0. The van der Waals surface area contributed by atoms with E-state index in [1.54, 1.807) is 11.3 Å². The Kier molecular flexibility index (Phi) is 8.51. The van der Waals surface area contributed by atoms with E-state index in [9.17, 15) is 9.59 Å². The van der Waals surface area contributed by atoms with Crippen molar-refractivity contribution < 1.29 is 9.59 Å². The number of piperidine rings is 1. The highest BCUT2D eigenvalue weighted by Crippen LogP contribution is 2.44. The lowest BCUT2D eigenvalue weighted by atomic mass is 9.88. The maximum absolute atomic E-state index is 13.9. The zero-order valence-electron chi connectivity index (χ0n) is 27.0. The smallest absolute Gasteiger partial charge is 0.233 e. The molecule has 2 bridgehead atoms. The van der Waals surface area contributed by atoms with Gasteiger partial charge in [-0.1, -0.05) is 31.0 Å². The number of carbonyl (C=O) groups excluding carboxylic acids is 2. The highest BCUT2D eigenvalue weighted by molar-refractivity contribution is 7.19. The topological polar surface area (TPSA) is 68.4 Å². The number of carbonyl (C=O) groups is 2. The maximum atomic E-state index is 13.9. The van der Waals surface area contributed by atoms with Crippen molar-refractivity contribution in [2.45, 2.75) is 104 Å². The van der Waals surface area contributed by atoms with Crippen LogP contribution in [0.3, 0.4) is 0 Å². The summed E-state index contributed by atoms with van der Waals surface area (Å²) in [6.07, 6.45) is 7.91. The minimum atomic E-state index is -0.528. The quantitative estimate of drug-likeness (QED) is 0.278. The first-order chi connectivity index (χ1) is 20.5. The number of nitrogens with zero attached hydrogens (tertiary/aromatic N) is 2. The SMILES string of the molecule is Cc1cc(C)cc(-c2[nH]c3sc(C(C)(C)C(=O)N4C5CCC4CC5)cc3c2CCN2CCC(CNC(=O)C(C)C)CC2)c1. The molecule has 5 heterocycles. The molecule has 3 aliphatic heterocycles. The number of aryl methyl sites for hydroxylation is 2. The number of hydrogen-bond acceptors (Lipinski definition) is 4. The summed E-state index contributed by atoms with van der Waals surface area (Å²) in [4.78, 5) is 37.0. The predicted molar refractivity (Wildman–Crippen MR) is 178 cm³/mol. The van der Waals surface area contributed by atoms with E-state index in [0.717, 1.165) is 45.4 Å². The molecule has 0 aliphatic carbocycles. The monoisotopic (exact) mass is 602 g/mol. The number of aromatic amines is 1. The van der Waals surface area contributed by atoms with E-state index >= 15 is 0 Å². The van der Waals surface area contributed by atoms with Crippen molar-refractivity contribution in [1.29, 1.82) is 0 Å². The van der Waals surface area contributed by atoms with Crippen LogP contribution in [0.4, 0.5) is 0 Å². The Labute approximate surface area is 261 Å². The summed E-state index contributed by atoms with van der Waals surface area (Å²) < 4.78 is 0. The lowest BCUT2D eigenvalue weighted by Gasteiger charge is -2.32. The number of thiophene rings is 1. The third-order valence-corrected chi connectivity index (χ3v) is 11.8.